The fourth-order valence-electron chi connectivity index (χ4n) is 2.14. The second-order valence-corrected chi connectivity index (χ2v) is 4.98. The highest BCUT2D eigenvalue weighted by Crippen LogP contribution is 2.28. The Morgan fingerprint density at radius 2 is 2.41 bits per heavy atom. The van der Waals surface area contributed by atoms with Crippen LogP contribution in [-0.2, 0) is 0 Å². The Bertz CT molecular complexity index is 539. The summed E-state index contributed by atoms with van der Waals surface area (Å²) in [4.78, 5) is 11.7. The van der Waals surface area contributed by atoms with Crippen molar-refractivity contribution in [3.63, 3.8) is 0 Å². The Kier molecular flexibility index (Phi) is 2.56. The summed E-state index contributed by atoms with van der Waals surface area (Å²) in [5.74, 6) is 1.23. The first-order valence-electron chi connectivity index (χ1n) is 5.61. The maximum atomic E-state index is 5.75. The number of hydrogen-bond acceptors (Lipinski definition) is 7. The molecular weight excluding hydrogens is 236 g/mol. The van der Waals surface area contributed by atoms with Gasteiger partial charge in [-0.25, -0.2) is 4.98 Å². The number of anilines is 2. The third kappa shape index (κ3) is 1.81. The number of nitrogens with two attached hydrogens (primary N) is 1. The Balaban J connectivity index is 2.11. The van der Waals surface area contributed by atoms with Crippen molar-refractivity contribution >= 4 is 33.5 Å². The summed E-state index contributed by atoms with van der Waals surface area (Å²) in [6.45, 7) is 5.04. The zero-order valence-electron chi connectivity index (χ0n) is 9.55. The highest BCUT2D eigenvalue weighted by atomic mass is 32.1. The molecule has 1 saturated heterocycles. The smallest absolute Gasteiger partial charge is 0.223 e. The van der Waals surface area contributed by atoms with Gasteiger partial charge in [-0.2, -0.15) is 9.36 Å². The van der Waals surface area contributed by atoms with Crippen LogP contribution in [0.25, 0.3) is 10.2 Å². The predicted molar refractivity (Wildman–Crippen MR) is 69.3 cm³/mol. The van der Waals surface area contributed by atoms with E-state index in [1.807, 2.05) is 6.20 Å². The molecule has 1 fully saturated rings. The minimum absolute atomic E-state index is 0.322. The molecular formula is C10H14N6S. The van der Waals surface area contributed by atoms with E-state index in [2.05, 4.69) is 31.5 Å². The molecule has 3 rings (SSSR count). The van der Waals surface area contributed by atoms with Crippen LogP contribution >= 0.6 is 11.5 Å². The van der Waals surface area contributed by atoms with E-state index in [1.165, 1.54) is 11.5 Å². The molecule has 0 spiro atoms. The van der Waals surface area contributed by atoms with Gasteiger partial charge >= 0.3 is 0 Å². The van der Waals surface area contributed by atoms with Gasteiger partial charge in [-0.05, 0) is 18.5 Å². The van der Waals surface area contributed by atoms with Gasteiger partial charge in [0, 0.05) is 25.7 Å². The molecule has 17 heavy (non-hydrogen) atoms. The molecule has 0 saturated carbocycles. The van der Waals surface area contributed by atoms with Gasteiger partial charge in [0.1, 0.15) is 5.82 Å². The van der Waals surface area contributed by atoms with Crippen molar-refractivity contribution in [3.05, 3.63) is 6.20 Å². The molecule has 2 aromatic rings. The average Bonchev–Trinajstić information content (AvgIpc) is 2.76. The molecule has 0 amide bonds. The van der Waals surface area contributed by atoms with Gasteiger partial charge in [-0.3, -0.25) is 0 Å². The Hall–Kier alpha value is -1.47. The molecule has 0 radical (unpaired) electrons. The maximum Gasteiger partial charge on any atom is 0.223 e. The van der Waals surface area contributed by atoms with Gasteiger partial charge in [0.25, 0.3) is 0 Å². The summed E-state index contributed by atoms with van der Waals surface area (Å²) < 4.78 is 4.16. The lowest BCUT2D eigenvalue weighted by Gasteiger charge is -2.35. The summed E-state index contributed by atoms with van der Waals surface area (Å²) in [5.41, 5.74) is 5.75. The maximum absolute atomic E-state index is 5.75. The van der Waals surface area contributed by atoms with Crippen molar-refractivity contribution in [2.75, 3.05) is 30.3 Å². The summed E-state index contributed by atoms with van der Waals surface area (Å²) in [7, 11) is 0. The highest BCUT2D eigenvalue weighted by molar-refractivity contribution is 7.12. The number of nitrogens with one attached hydrogen (secondary N) is 1. The van der Waals surface area contributed by atoms with Crippen LogP contribution in [-0.4, -0.2) is 40.0 Å². The Morgan fingerprint density at radius 3 is 3.24 bits per heavy atom. The first-order valence-corrected chi connectivity index (χ1v) is 6.38. The Morgan fingerprint density at radius 1 is 1.53 bits per heavy atom. The van der Waals surface area contributed by atoms with E-state index >= 15 is 0 Å². The van der Waals surface area contributed by atoms with Gasteiger partial charge in [0.2, 0.25) is 5.95 Å². The molecule has 3 N–H and O–H groups in total. The SMILES string of the molecule is C[C@H]1CNCCN1c1nc(N)nc2sncc12. The van der Waals surface area contributed by atoms with Crippen LogP contribution in [0.3, 0.4) is 0 Å². The first-order chi connectivity index (χ1) is 8.25. The van der Waals surface area contributed by atoms with Crippen molar-refractivity contribution in [2.45, 2.75) is 13.0 Å². The van der Waals surface area contributed by atoms with E-state index in [4.69, 9.17) is 5.73 Å². The van der Waals surface area contributed by atoms with E-state index in [0.717, 1.165) is 35.7 Å². The molecule has 1 atom stereocenters. The third-order valence-electron chi connectivity index (χ3n) is 3.00. The van der Waals surface area contributed by atoms with E-state index in [9.17, 15) is 0 Å². The summed E-state index contributed by atoms with van der Waals surface area (Å²) in [5, 5.41) is 4.36. The topological polar surface area (TPSA) is 80.0 Å². The summed E-state index contributed by atoms with van der Waals surface area (Å²) in [6.07, 6.45) is 1.82. The minimum atomic E-state index is 0.322. The number of piperazine rings is 1. The fourth-order valence-corrected chi connectivity index (χ4v) is 2.77. The van der Waals surface area contributed by atoms with Crippen molar-refractivity contribution in [1.29, 1.82) is 0 Å². The van der Waals surface area contributed by atoms with Gasteiger partial charge in [-0.15, -0.1) is 0 Å². The molecule has 0 aromatic carbocycles. The number of nitrogens with zero attached hydrogens (tertiary/aromatic N) is 4. The molecule has 2 aromatic heterocycles. The monoisotopic (exact) mass is 250 g/mol. The van der Waals surface area contributed by atoms with Crippen LogP contribution in [0.5, 0.6) is 0 Å². The zero-order chi connectivity index (χ0) is 11.8. The van der Waals surface area contributed by atoms with Gasteiger partial charge in [0.05, 0.1) is 11.6 Å². The molecule has 6 nitrogen and oxygen atoms in total. The lowest BCUT2D eigenvalue weighted by atomic mass is 10.2. The number of aromatic nitrogens is 3. The van der Waals surface area contributed by atoms with E-state index in [1.54, 1.807) is 0 Å². The number of fused-ring (bicyclic) bond motifs is 1. The molecule has 3 heterocycles. The second kappa shape index (κ2) is 4.08. The van der Waals surface area contributed by atoms with E-state index in [-0.39, 0.29) is 0 Å². The normalized spacial score (nSPS) is 21.0. The molecule has 1 aliphatic heterocycles. The molecule has 1 aliphatic rings. The summed E-state index contributed by atoms with van der Waals surface area (Å²) >= 11 is 1.36. The number of rotatable bonds is 1. The zero-order valence-corrected chi connectivity index (χ0v) is 10.4. The van der Waals surface area contributed by atoms with Gasteiger partial charge < -0.3 is 16.0 Å². The lowest BCUT2D eigenvalue weighted by molar-refractivity contribution is 0.498. The Labute approximate surface area is 103 Å². The fraction of sp³-hybridized carbons (Fsp3) is 0.500. The number of hydrogen-bond donors (Lipinski definition) is 2. The van der Waals surface area contributed by atoms with E-state index in [0.29, 0.717) is 12.0 Å². The van der Waals surface area contributed by atoms with E-state index < -0.39 is 0 Å². The average molecular weight is 250 g/mol. The third-order valence-corrected chi connectivity index (χ3v) is 3.70. The predicted octanol–water partition coefficient (Wildman–Crippen LogP) is 0.467. The standard InChI is InChI=1S/C10H14N6S/c1-6-4-12-2-3-16(6)8-7-5-13-17-9(7)15-10(11)14-8/h5-6,12H,2-4H2,1H3,(H2,11,14,15)/t6-/m0/s1. The first kappa shape index (κ1) is 10.7. The van der Waals surface area contributed by atoms with Gasteiger partial charge in [0.15, 0.2) is 4.83 Å². The van der Waals surface area contributed by atoms with Crippen molar-refractivity contribution in [2.24, 2.45) is 0 Å². The molecule has 0 unspecified atom stereocenters. The molecule has 7 heteroatoms. The molecule has 90 valence electrons. The van der Waals surface area contributed by atoms with Crippen molar-refractivity contribution in [3.8, 4) is 0 Å². The van der Waals surface area contributed by atoms with Crippen molar-refractivity contribution < 1.29 is 0 Å². The largest absolute Gasteiger partial charge is 0.368 e. The highest BCUT2D eigenvalue weighted by Gasteiger charge is 2.22. The van der Waals surface area contributed by atoms with Crippen LogP contribution in [0.2, 0.25) is 0 Å². The van der Waals surface area contributed by atoms with Crippen LogP contribution in [0.4, 0.5) is 11.8 Å². The molecule has 0 bridgehead atoms. The van der Waals surface area contributed by atoms with Crippen LogP contribution in [0.15, 0.2) is 6.20 Å². The second-order valence-electron chi connectivity index (χ2n) is 4.20. The summed E-state index contributed by atoms with van der Waals surface area (Å²) in [6, 6.07) is 0.404. The van der Waals surface area contributed by atoms with Crippen molar-refractivity contribution in [1.82, 2.24) is 19.7 Å². The van der Waals surface area contributed by atoms with Crippen LogP contribution < -0.4 is 16.0 Å². The lowest BCUT2D eigenvalue weighted by Crippen LogP contribution is -2.50. The quantitative estimate of drug-likeness (QED) is 0.765. The number of nitrogen functional groups attached to an aromatic ring is 1. The van der Waals surface area contributed by atoms with Crippen LogP contribution in [0.1, 0.15) is 6.92 Å². The van der Waals surface area contributed by atoms with Gasteiger partial charge in [-0.1, -0.05) is 0 Å². The minimum Gasteiger partial charge on any atom is -0.368 e. The van der Waals surface area contributed by atoms with Crippen LogP contribution in [0, 0.1) is 0 Å². The molecule has 0 aliphatic carbocycles.